The third-order valence-electron chi connectivity index (χ3n) is 2.78. The molecular formula is C14H13N5O2. The fourth-order valence-corrected chi connectivity index (χ4v) is 1.77. The number of furan rings is 1. The number of carbonyl (C=O) groups excluding carboxylic acids is 1. The van der Waals surface area contributed by atoms with Crippen molar-refractivity contribution < 1.29 is 9.21 Å². The summed E-state index contributed by atoms with van der Waals surface area (Å²) < 4.78 is 6.90. The van der Waals surface area contributed by atoms with Crippen molar-refractivity contribution in [2.75, 3.05) is 5.32 Å². The predicted molar refractivity (Wildman–Crippen MR) is 75.8 cm³/mol. The third kappa shape index (κ3) is 2.81. The molecule has 7 nitrogen and oxygen atoms in total. The van der Waals surface area contributed by atoms with Gasteiger partial charge in [-0.3, -0.25) is 4.79 Å². The molecule has 3 heterocycles. The number of hydrogen-bond acceptors (Lipinski definition) is 5. The van der Waals surface area contributed by atoms with Crippen LogP contribution in [0.3, 0.4) is 0 Å². The lowest BCUT2D eigenvalue weighted by Gasteiger charge is -2.07. The van der Waals surface area contributed by atoms with Gasteiger partial charge in [0.05, 0.1) is 6.26 Å². The molecule has 0 spiro atoms. The van der Waals surface area contributed by atoms with Crippen LogP contribution < -0.4 is 5.32 Å². The van der Waals surface area contributed by atoms with Gasteiger partial charge in [-0.2, -0.15) is 5.10 Å². The summed E-state index contributed by atoms with van der Waals surface area (Å²) in [5.41, 5.74) is 0. The average molecular weight is 283 g/mol. The van der Waals surface area contributed by atoms with E-state index in [2.05, 4.69) is 20.4 Å². The van der Waals surface area contributed by atoms with Crippen molar-refractivity contribution in [1.29, 1.82) is 0 Å². The lowest BCUT2D eigenvalue weighted by molar-refractivity contribution is -0.115. The SMILES string of the molecule is CCC(=O)Nc1cc(-n2cccn2)nc(-c2ccco2)n1. The van der Waals surface area contributed by atoms with E-state index in [9.17, 15) is 4.79 Å². The molecule has 0 aliphatic rings. The van der Waals surface area contributed by atoms with Crippen LogP contribution >= 0.6 is 0 Å². The summed E-state index contributed by atoms with van der Waals surface area (Å²) in [6.45, 7) is 1.78. The highest BCUT2D eigenvalue weighted by molar-refractivity contribution is 5.89. The van der Waals surface area contributed by atoms with Gasteiger partial charge in [-0.1, -0.05) is 6.92 Å². The molecule has 7 heteroatoms. The number of hydrogen-bond donors (Lipinski definition) is 1. The Morgan fingerprint density at radius 1 is 1.38 bits per heavy atom. The molecule has 3 aromatic rings. The highest BCUT2D eigenvalue weighted by Gasteiger charge is 2.11. The quantitative estimate of drug-likeness (QED) is 0.793. The van der Waals surface area contributed by atoms with E-state index >= 15 is 0 Å². The maximum atomic E-state index is 11.6. The molecule has 21 heavy (non-hydrogen) atoms. The van der Waals surface area contributed by atoms with Gasteiger partial charge in [0.15, 0.2) is 17.4 Å². The summed E-state index contributed by atoms with van der Waals surface area (Å²) in [5, 5.41) is 6.86. The van der Waals surface area contributed by atoms with Crippen LogP contribution in [0.15, 0.2) is 47.3 Å². The second-order valence-electron chi connectivity index (χ2n) is 4.26. The van der Waals surface area contributed by atoms with Gasteiger partial charge in [-0.15, -0.1) is 0 Å². The Morgan fingerprint density at radius 3 is 2.95 bits per heavy atom. The fourth-order valence-electron chi connectivity index (χ4n) is 1.77. The zero-order chi connectivity index (χ0) is 14.7. The van der Waals surface area contributed by atoms with E-state index in [1.54, 1.807) is 54.5 Å². The normalized spacial score (nSPS) is 10.5. The van der Waals surface area contributed by atoms with Crippen LogP contribution in [0.1, 0.15) is 13.3 Å². The number of aromatic nitrogens is 4. The Hall–Kier alpha value is -2.96. The minimum atomic E-state index is -0.120. The van der Waals surface area contributed by atoms with E-state index in [4.69, 9.17) is 4.42 Å². The molecule has 0 saturated carbocycles. The molecule has 1 amide bonds. The number of amides is 1. The Balaban J connectivity index is 2.06. The van der Waals surface area contributed by atoms with Gasteiger partial charge in [-0.25, -0.2) is 14.6 Å². The van der Waals surface area contributed by atoms with Crippen molar-refractivity contribution in [3.8, 4) is 17.4 Å². The fraction of sp³-hybridized carbons (Fsp3) is 0.143. The molecule has 3 aromatic heterocycles. The smallest absolute Gasteiger partial charge is 0.225 e. The maximum Gasteiger partial charge on any atom is 0.225 e. The van der Waals surface area contributed by atoms with E-state index in [1.165, 1.54) is 0 Å². The van der Waals surface area contributed by atoms with Gasteiger partial charge in [0, 0.05) is 24.9 Å². The Labute approximate surface area is 120 Å². The topological polar surface area (TPSA) is 85.8 Å². The van der Waals surface area contributed by atoms with Crippen LogP contribution in [0.25, 0.3) is 17.4 Å². The lowest BCUT2D eigenvalue weighted by Crippen LogP contribution is -2.12. The largest absolute Gasteiger partial charge is 0.461 e. The molecule has 3 rings (SSSR count). The summed E-state index contributed by atoms with van der Waals surface area (Å²) in [7, 11) is 0. The summed E-state index contributed by atoms with van der Waals surface area (Å²) >= 11 is 0. The monoisotopic (exact) mass is 283 g/mol. The predicted octanol–water partition coefficient (Wildman–Crippen LogP) is 2.27. The molecule has 0 saturated heterocycles. The van der Waals surface area contributed by atoms with Crippen molar-refractivity contribution in [2.24, 2.45) is 0 Å². The molecule has 0 unspecified atom stereocenters. The standard InChI is InChI=1S/C14H13N5O2/c1-2-13(20)16-11-9-12(19-7-4-6-15-19)18-14(17-11)10-5-3-8-21-10/h3-9H,2H2,1H3,(H,16,17,18,20). The van der Waals surface area contributed by atoms with E-state index in [0.717, 1.165) is 0 Å². The molecule has 106 valence electrons. The van der Waals surface area contributed by atoms with Crippen LogP contribution in [-0.2, 0) is 4.79 Å². The highest BCUT2D eigenvalue weighted by atomic mass is 16.3. The molecule has 0 fully saturated rings. The van der Waals surface area contributed by atoms with Crippen molar-refractivity contribution in [2.45, 2.75) is 13.3 Å². The average Bonchev–Trinajstić information content (AvgIpc) is 3.20. The van der Waals surface area contributed by atoms with Crippen molar-refractivity contribution >= 4 is 11.7 Å². The number of anilines is 1. The first-order valence-electron chi connectivity index (χ1n) is 6.49. The Bertz CT molecular complexity index is 682. The van der Waals surface area contributed by atoms with Crippen LogP contribution in [-0.4, -0.2) is 25.7 Å². The Morgan fingerprint density at radius 2 is 2.29 bits per heavy atom. The van der Waals surface area contributed by atoms with Crippen LogP contribution in [0.5, 0.6) is 0 Å². The van der Waals surface area contributed by atoms with Gasteiger partial charge in [0.25, 0.3) is 0 Å². The van der Waals surface area contributed by atoms with Gasteiger partial charge in [-0.05, 0) is 18.2 Å². The number of nitrogens with zero attached hydrogens (tertiary/aromatic N) is 4. The van der Waals surface area contributed by atoms with E-state index in [-0.39, 0.29) is 5.91 Å². The third-order valence-corrected chi connectivity index (χ3v) is 2.78. The first kappa shape index (κ1) is 13.0. The lowest BCUT2D eigenvalue weighted by atomic mass is 10.4. The number of nitrogens with one attached hydrogen (secondary N) is 1. The number of rotatable bonds is 4. The molecule has 0 aliphatic carbocycles. The molecule has 0 bridgehead atoms. The van der Waals surface area contributed by atoms with Crippen LogP contribution in [0.4, 0.5) is 5.82 Å². The van der Waals surface area contributed by atoms with Gasteiger partial charge < -0.3 is 9.73 Å². The van der Waals surface area contributed by atoms with Gasteiger partial charge in [0.2, 0.25) is 5.91 Å². The first-order valence-corrected chi connectivity index (χ1v) is 6.49. The summed E-state index contributed by atoms with van der Waals surface area (Å²) in [4.78, 5) is 20.3. The summed E-state index contributed by atoms with van der Waals surface area (Å²) in [5.74, 6) is 1.75. The van der Waals surface area contributed by atoms with Gasteiger partial charge >= 0.3 is 0 Å². The maximum absolute atomic E-state index is 11.6. The molecular weight excluding hydrogens is 270 g/mol. The van der Waals surface area contributed by atoms with Crippen molar-refractivity contribution in [3.63, 3.8) is 0 Å². The molecule has 0 radical (unpaired) electrons. The zero-order valence-corrected chi connectivity index (χ0v) is 11.4. The second kappa shape index (κ2) is 5.58. The molecule has 1 N–H and O–H groups in total. The molecule has 0 aromatic carbocycles. The van der Waals surface area contributed by atoms with Crippen molar-refractivity contribution in [1.82, 2.24) is 19.7 Å². The zero-order valence-electron chi connectivity index (χ0n) is 11.4. The highest BCUT2D eigenvalue weighted by Crippen LogP contribution is 2.20. The van der Waals surface area contributed by atoms with E-state index in [0.29, 0.717) is 29.6 Å². The minimum Gasteiger partial charge on any atom is -0.461 e. The molecule has 0 atom stereocenters. The summed E-state index contributed by atoms with van der Waals surface area (Å²) in [6, 6.07) is 6.96. The second-order valence-corrected chi connectivity index (χ2v) is 4.26. The molecule has 0 aliphatic heterocycles. The van der Waals surface area contributed by atoms with E-state index in [1.807, 2.05) is 0 Å². The van der Waals surface area contributed by atoms with E-state index < -0.39 is 0 Å². The number of carbonyl (C=O) groups is 1. The first-order chi connectivity index (χ1) is 10.3. The van der Waals surface area contributed by atoms with Gasteiger partial charge in [0.1, 0.15) is 5.82 Å². The summed E-state index contributed by atoms with van der Waals surface area (Å²) in [6.07, 6.45) is 5.33. The van der Waals surface area contributed by atoms with Crippen molar-refractivity contribution in [3.05, 3.63) is 42.9 Å². The minimum absolute atomic E-state index is 0.120. The van der Waals surface area contributed by atoms with Crippen LogP contribution in [0.2, 0.25) is 0 Å². The Kier molecular flexibility index (Phi) is 3.46. The van der Waals surface area contributed by atoms with Crippen LogP contribution in [0, 0.1) is 0 Å².